The van der Waals surface area contributed by atoms with E-state index in [2.05, 4.69) is 25.9 Å². The molecule has 0 N–H and O–H groups in total. The quantitative estimate of drug-likeness (QED) is 0.809. The van der Waals surface area contributed by atoms with E-state index >= 15 is 0 Å². The summed E-state index contributed by atoms with van der Waals surface area (Å²) in [6.07, 6.45) is 6.66. The monoisotopic (exact) mass is 302 g/mol. The molecule has 0 spiro atoms. The van der Waals surface area contributed by atoms with Crippen molar-refractivity contribution in [3.8, 4) is 0 Å². The standard InChI is InChI=1S/C9H8BrClN4O/c10-7-8(11)13-6-15(9(7)16)4-3-14-2-1-12-5-14/h1-2,5-6H,3-4H2. The highest BCUT2D eigenvalue weighted by Crippen LogP contribution is 2.13. The molecule has 0 aliphatic carbocycles. The Morgan fingerprint density at radius 3 is 2.88 bits per heavy atom. The first kappa shape index (κ1) is 11.3. The first-order valence-electron chi connectivity index (χ1n) is 4.54. The van der Waals surface area contributed by atoms with Crippen LogP contribution < -0.4 is 5.56 Å². The van der Waals surface area contributed by atoms with Crippen LogP contribution in [0, 0.1) is 0 Å². The molecule has 16 heavy (non-hydrogen) atoms. The molecule has 0 unspecified atom stereocenters. The summed E-state index contributed by atoms with van der Waals surface area (Å²) >= 11 is 8.80. The molecule has 5 nitrogen and oxygen atoms in total. The minimum Gasteiger partial charge on any atom is -0.336 e. The Labute approximate surface area is 105 Å². The second-order valence-electron chi connectivity index (χ2n) is 3.15. The van der Waals surface area contributed by atoms with E-state index in [1.54, 1.807) is 12.5 Å². The molecule has 0 radical (unpaired) electrons. The molecule has 2 aromatic rings. The smallest absolute Gasteiger partial charge is 0.269 e. The number of aryl methyl sites for hydroxylation is 2. The number of hydrogen-bond donors (Lipinski definition) is 0. The van der Waals surface area contributed by atoms with E-state index in [9.17, 15) is 4.79 Å². The molecule has 0 aliphatic heterocycles. The maximum atomic E-state index is 11.7. The molecule has 2 heterocycles. The fraction of sp³-hybridized carbons (Fsp3) is 0.222. The lowest BCUT2D eigenvalue weighted by molar-refractivity contribution is 0.556. The number of nitrogens with zero attached hydrogens (tertiary/aromatic N) is 4. The zero-order valence-electron chi connectivity index (χ0n) is 8.18. The van der Waals surface area contributed by atoms with E-state index in [0.29, 0.717) is 17.6 Å². The van der Waals surface area contributed by atoms with Gasteiger partial charge in [0.15, 0.2) is 5.15 Å². The molecule has 84 valence electrons. The summed E-state index contributed by atoms with van der Waals surface area (Å²) in [5.41, 5.74) is -0.180. The molecule has 0 amide bonds. The first-order chi connectivity index (χ1) is 7.68. The minimum atomic E-state index is -0.180. The highest BCUT2D eigenvalue weighted by molar-refractivity contribution is 9.10. The van der Waals surface area contributed by atoms with Gasteiger partial charge >= 0.3 is 0 Å². The van der Waals surface area contributed by atoms with Crippen molar-refractivity contribution in [3.05, 3.63) is 45.0 Å². The van der Waals surface area contributed by atoms with Crippen molar-refractivity contribution in [2.45, 2.75) is 13.1 Å². The van der Waals surface area contributed by atoms with Crippen LogP contribution in [0.25, 0.3) is 0 Å². The largest absolute Gasteiger partial charge is 0.336 e. The Kier molecular flexibility index (Phi) is 3.40. The van der Waals surface area contributed by atoms with Crippen LogP contribution in [0.5, 0.6) is 0 Å². The first-order valence-corrected chi connectivity index (χ1v) is 5.72. The summed E-state index contributed by atoms with van der Waals surface area (Å²) in [5.74, 6) is 0. The van der Waals surface area contributed by atoms with Crippen LogP contribution in [0.1, 0.15) is 0 Å². The molecule has 0 atom stereocenters. The van der Waals surface area contributed by atoms with E-state index in [4.69, 9.17) is 11.6 Å². The molecule has 2 rings (SSSR count). The van der Waals surface area contributed by atoms with E-state index in [1.165, 1.54) is 10.9 Å². The highest BCUT2D eigenvalue weighted by atomic mass is 79.9. The third-order valence-corrected chi connectivity index (χ3v) is 3.33. The van der Waals surface area contributed by atoms with E-state index in [0.717, 1.165) is 0 Å². The lowest BCUT2D eigenvalue weighted by Crippen LogP contribution is -2.23. The molecular weight excluding hydrogens is 295 g/mol. The van der Waals surface area contributed by atoms with Gasteiger partial charge in [0.25, 0.3) is 5.56 Å². The summed E-state index contributed by atoms with van der Waals surface area (Å²) in [6, 6.07) is 0. The van der Waals surface area contributed by atoms with Gasteiger partial charge in [0.05, 0.1) is 12.7 Å². The predicted molar refractivity (Wildman–Crippen MR) is 63.4 cm³/mol. The molecule has 0 saturated heterocycles. The average molecular weight is 304 g/mol. The van der Waals surface area contributed by atoms with Crippen molar-refractivity contribution in [2.75, 3.05) is 0 Å². The Bertz CT molecular complexity index is 537. The summed E-state index contributed by atoms with van der Waals surface area (Å²) in [4.78, 5) is 19.5. The Hall–Kier alpha value is -1.14. The van der Waals surface area contributed by atoms with E-state index in [1.807, 2.05) is 10.8 Å². The molecule has 0 fully saturated rings. The van der Waals surface area contributed by atoms with Crippen molar-refractivity contribution >= 4 is 27.5 Å². The number of rotatable bonds is 3. The highest BCUT2D eigenvalue weighted by Gasteiger charge is 2.06. The Balaban J connectivity index is 2.17. The summed E-state index contributed by atoms with van der Waals surface area (Å²) < 4.78 is 3.67. The van der Waals surface area contributed by atoms with Crippen molar-refractivity contribution in [3.63, 3.8) is 0 Å². The van der Waals surface area contributed by atoms with Gasteiger partial charge in [0.1, 0.15) is 4.47 Å². The van der Waals surface area contributed by atoms with Crippen LogP contribution in [-0.2, 0) is 13.1 Å². The molecular formula is C9H8BrClN4O. The Morgan fingerprint density at radius 2 is 2.19 bits per heavy atom. The van der Waals surface area contributed by atoms with Crippen LogP contribution >= 0.6 is 27.5 Å². The topological polar surface area (TPSA) is 52.7 Å². The number of imidazole rings is 1. The average Bonchev–Trinajstić information content (AvgIpc) is 2.78. The minimum absolute atomic E-state index is 0.180. The maximum Gasteiger partial charge on any atom is 0.269 e. The third-order valence-electron chi connectivity index (χ3n) is 2.10. The lowest BCUT2D eigenvalue weighted by atomic mass is 10.5. The third kappa shape index (κ3) is 2.33. The summed E-state index contributed by atoms with van der Waals surface area (Å²) in [5, 5.41) is 0.184. The molecule has 2 aromatic heterocycles. The Morgan fingerprint density at radius 1 is 1.38 bits per heavy atom. The fourth-order valence-electron chi connectivity index (χ4n) is 1.25. The summed E-state index contributed by atoms with van der Waals surface area (Å²) in [7, 11) is 0. The second kappa shape index (κ2) is 4.80. The summed E-state index contributed by atoms with van der Waals surface area (Å²) in [6.45, 7) is 1.19. The van der Waals surface area contributed by atoms with Gasteiger partial charge in [0, 0.05) is 25.5 Å². The van der Waals surface area contributed by atoms with Crippen molar-refractivity contribution in [2.24, 2.45) is 0 Å². The van der Waals surface area contributed by atoms with Crippen molar-refractivity contribution in [1.82, 2.24) is 19.1 Å². The van der Waals surface area contributed by atoms with Gasteiger partial charge in [-0.1, -0.05) is 11.6 Å². The zero-order valence-corrected chi connectivity index (χ0v) is 10.5. The molecule has 0 bridgehead atoms. The van der Waals surface area contributed by atoms with Crippen molar-refractivity contribution < 1.29 is 0 Å². The van der Waals surface area contributed by atoms with E-state index in [-0.39, 0.29) is 10.7 Å². The molecule has 0 aromatic carbocycles. The normalized spacial score (nSPS) is 10.6. The number of aromatic nitrogens is 4. The van der Waals surface area contributed by atoms with Crippen LogP contribution in [0.3, 0.4) is 0 Å². The van der Waals surface area contributed by atoms with Gasteiger partial charge in [0.2, 0.25) is 0 Å². The fourth-order valence-corrected chi connectivity index (χ4v) is 1.70. The van der Waals surface area contributed by atoms with Crippen LogP contribution in [0.2, 0.25) is 5.15 Å². The molecule has 0 saturated carbocycles. The molecule has 7 heteroatoms. The van der Waals surface area contributed by atoms with E-state index < -0.39 is 0 Å². The second-order valence-corrected chi connectivity index (χ2v) is 4.30. The maximum absolute atomic E-state index is 11.7. The van der Waals surface area contributed by atoms with Gasteiger partial charge in [-0.2, -0.15) is 0 Å². The van der Waals surface area contributed by atoms with Gasteiger partial charge in [-0.05, 0) is 15.9 Å². The van der Waals surface area contributed by atoms with Crippen LogP contribution in [-0.4, -0.2) is 19.1 Å². The van der Waals surface area contributed by atoms with Gasteiger partial charge < -0.3 is 4.57 Å². The number of halogens is 2. The SMILES string of the molecule is O=c1c(Br)c(Cl)ncn1CCn1ccnc1. The van der Waals surface area contributed by atoms with Crippen LogP contribution in [0.4, 0.5) is 0 Å². The van der Waals surface area contributed by atoms with Gasteiger partial charge in [-0.3, -0.25) is 9.36 Å². The lowest BCUT2D eigenvalue weighted by Gasteiger charge is -2.06. The number of hydrogen-bond acceptors (Lipinski definition) is 3. The van der Waals surface area contributed by atoms with Crippen LogP contribution in [0.15, 0.2) is 34.3 Å². The van der Waals surface area contributed by atoms with Gasteiger partial charge in [-0.15, -0.1) is 0 Å². The predicted octanol–water partition coefficient (Wildman–Crippen LogP) is 1.56. The van der Waals surface area contributed by atoms with Gasteiger partial charge in [-0.25, -0.2) is 9.97 Å². The molecule has 0 aliphatic rings. The van der Waals surface area contributed by atoms with Crippen molar-refractivity contribution in [1.29, 1.82) is 0 Å². The zero-order chi connectivity index (χ0) is 11.5.